The van der Waals surface area contributed by atoms with Crippen LogP contribution in [0.25, 0.3) is 0 Å². The topological polar surface area (TPSA) is 82.2 Å². The van der Waals surface area contributed by atoms with Gasteiger partial charge in [-0.2, -0.15) is 5.26 Å². The molecule has 106 valence electrons. The van der Waals surface area contributed by atoms with Crippen molar-refractivity contribution in [2.45, 2.75) is 25.3 Å². The molecule has 0 amide bonds. The fourth-order valence-electron chi connectivity index (χ4n) is 2.81. The third kappa shape index (κ3) is 2.73. The first-order chi connectivity index (χ1) is 9.69. The highest BCUT2D eigenvalue weighted by atomic mass is 16.6. The van der Waals surface area contributed by atoms with E-state index >= 15 is 0 Å². The van der Waals surface area contributed by atoms with Crippen LogP contribution >= 0.6 is 0 Å². The Labute approximate surface area is 118 Å². The quantitative estimate of drug-likeness (QED) is 0.671. The molecule has 2 rings (SSSR count). The van der Waals surface area contributed by atoms with E-state index < -0.39 is 4.92 Å². The summed E-state index contributed by atoms with van der Waals surface area (Å²) in [5.74, 6) is 0. The number of nitriles is 1. The molecule has 0 aromatic heterocycles. The maximum atomic E-state index is 11.3. The summed E-state index contributed by atoms with van der Waals surface area (Å²) in [7, 11) is 1.88. The van der Waals surface area contributed by atoms with Crippen LogP contribution in [0.2, 0.25) is 0 Å². The summed E-state index contributed by atoms with van der Waals surface area (Å²) in [6, 6.07) is 7.11. The molecule has 1 aliphatic heterocycles. The number of benzene rings is 1. The fraction of sp³-hybridized carbons (Fsp3) is 0.500. The van der Waals surface area contributed by atoms with Crippen molar-refractivity contribution in [1.29, 1.82) is 5.26 Å². The molecule has 6 heteroatoms. The second kappa shape index (κ2) is 6.35. The zero-order valence-corrected chi connectivity index (χ0v) is 11.5. The number of nitrogens with zero attached hydrogens (tertiary/aromatic N) is 3. The third-order valence-electron chi connectivity index (χ3n) is 3.69. The molecule has 1 aliphatic rings. The van der Waals surface area contributed by atoms with Gasteiger partial charge in [0.1, 0.15) is 17.3 Å². The average Bonchev–Trinajstić information content (AvgIpc) is 2.47. The van der Waals surface area contributed by atoms with Gasteiger partial charge < -0.3 is 10.2 Å². The molecule has 0 radical (unpaired) electrons. The molecule has 1 saturated heterocycles. The number of nitrogens with one attached hydrogen (secondary N) is 1. The van der Waals surface area contributed by atoms with Crippen molar-refractivity contribution in [3.63, 3.8) is 0 Å². The smallest absolute Gasteiger partial charge is 0.310 e. The van der Waals surface area contributed by atoms with E-state index in [-0.39, 0.29) is 17.3 Å². The summed E-state index contributed by atoms with van der Waals surface area (Å²) in [5, 5.41) is 23.5. The SMILES string of the molecule is CNCC1CCCCN1c1cccc(C#N)c1[N+](=O)[O-]. The molecule has 0 spiro atoms. The number of hydrogen-bond acceptors (Lipinski definition) is 5. The van der Waals surface area contributed by atoms with Crippen LogP contribution < -0.4 is 10.2 Å². The molecule has 1 heterocycles. The Morgan fingerprint density at radius 1 is 1.55 bits per heavy atom. The van der Waals surface area contributed by atoms with Crippen LogP contribution in [0.5, 0.6) is 0 Å². The molecule has 1 N–H and O–H groups in total. The second-order valence-electron chi connectivity index (χ2n) is 4.94. The Bertz CT molecular complexity index is 536. The Morgan fingerprint density at radius 3 is 3.00 bits per heavy atom. The van der Waals surface area contributed by atoms with Crippen molar-refractivity contribution in [3.8, 4) is 6.07 Å². The Kier molecular flexibility index (Phi) is 4.53. The molecule has 0 bridgehead atoms. The van der Waals surface area contributed by atoms with Crippen molar-refractivity contribution in [1.82, 2.24) is 5.32 Å². The van der Waals surface area contributed by atoms with Crippen LogP contribution in [0.3, 0.4) is 0 Å². The summed E-state index contributed by atoms with van der Waals surface area (Å²) in [6.07, 6.45) is 3.16. The van der Waals surface area contributed by atoms with Crippen LogP contribution in [0.15, 0.2) is 18.2 Å². The molecule has 0 aliphatic carbocycles. The number of piperidine rings is 1. The van der Waals surface area contributed by atoms with E-state index in [2.05, 4.69) is 10.2 Å². The first-order valence-electron chi connectivity index (χ1n) is 6.77. The van der Waals surface area contributed by atoms with E-state index in [4.69, 9.17) is 5.26 Å². The van der Waals surface area contributed by atoms with Crippen molar-refractivity contribution in [2.24, 2.45) is 0 Å². The van der Waals surface area contributed by atoms with E-state index in [1.54, 1.807) is 12.1 Å². The van der Waals surface area contributed by atoms with Gasteiger partial charge >= 0.3 is 5.69 Å². The number of nitro groups is 1. The second-order valence-corrected chi connectivity index (χ2v) is 4.94. The van der Waals surface area contributed by atoms with Crippen molar-refractivity contribution in [3.05, 3.63) is 33.9 Å². The Hall–Kier alpha value is -2.13. The van der Waals surface area contributed by atoms with Crippen LogP contribution in [-0.4, -0.2) is 31.1 Å². The van der Waals surface area contributed by atoms with E-state index in [1.807, 2.05) is 13.1 Å². The van der Waals surface area contributed by atoms with Gasteiger partial charge in [-0.05, 0) is 38.4 Å². The Balaban J connectivity index is 2.45. The van der Waals surface area contributed by atoms with Crippen molar-refractivity contribution in [2.75, 3.05) is 25.0 Å². The molecular weight excluding hydrogens is 256 g/mol. The zero-order valence-electron chi connectivity index (χ0n) is 11.5. The highest BCUT2D eigenvalue weighted by Gasteiger charge is 2.29. The lowest BCUT2D eigenvalue weighted by Gasteiger charge is -2.37. The normalized spacial score (nSPS) is 18.6. The standard InChI is InChI=1S/C14H18N4O2/c1-16-10-12-6-2-3-8-17(12)13-7-4-5-11(9-15)14(13)18(19)20/h4-5,7,12,16H,2-3,6,8,10H2,1H3. The monoisotopic (exact) mass is 274 g/mol. The van der Waals surface area contributed by atoms with Crippen molar-refractivity contribution >= 4 is 11.4 Å². The summed E-state index contributed by atoms with van der Waals surface area (Å²) >= 11 is 0. The highest BCUT2D eigenvalue weighted by Crippen LogP contribution is 2.35. The molecular formula is C14H18N4O2. The first kappa shape index (κ1) is 14.3. The maximum absolute atomic E-state index is 11.3. The predicted molar refractivity (Wildman–Crippen MR) is 76.7 cm³/mol. The first-order valence-corrected chi connectivity index (χ1v) is 6.77. The van der Waals surface area contributed by atoms with E-state index in [9.17, 15) is 10.1 Å². The number of para-hydroxylation sites is 1. The number of anilines is 1. The zero-order chi connectivity index (χ0) is 14.5. The van der Waals surface area contributed by atoms with Crippen LogP contribution in [0.1, 0.15) is 24.8 Å². The summed E-state index contributed by atoms with van der Waals surface area (Å²) in [4.78, 5) is 12.9. The van der Waals surface area contributed by atoms with Gasteiger partial charge in [-0.25, -0.2) is 0 Å². The van der Waals surface area contributed by atoms with Gasteiger partial charge in [-0.3, -0.25) is 10.1 Å². The van der Waals surface area contributed by atoms with Crippen LogP contribution in [-0.2, 0) is 0 Å². The Morgan fingerprint density at radius 2 is 2.35 bits per heavy atom. The minimum Gasteiger partial charge on any atom is -0.362 e. The fourth-order valence-corrected chi connectivity index (χ4v) is 2.81. The van der Waals surface area contributed by atoms with Gasteiger partial charge in [-0.1, -0.05) is 6.07 Å². The summed E-state index contributed by atoms with van der Waals surface area (Å²) < 4.78 is 0. The number of rotatable bonds is 4. The lowest BCUT2D eigenvalue weighted by Crippen LogP contribution is -2.45. The molecule has 20 heavy (non-hydrogen) atoms. The van der Waals surface area contributed by atoms with Gasteiger partial charge in [0.15, 0.2) is 0 Å². The number of nitro benzene ring substituents is 1. The minimum absolute atomic E-state index is 0.0713. The predicted octanol–water partition coefficient (Wildman–Crippen LogP) is 2.04. The number of hydrogen-bond donors (Lipinski definition) is 1. The van der Waals surface area contributed by atoms with E-state index in [0.717, 1.165) is 32.4 Å². The van der Waals surface area contributed by atoms with Gasteiger partial charge in [0, 0.05) is 19.1 Å². The van der Waals surface area contributed by atoms with E-state index in [0.29, 0.717) is 5.69 Å². The van der Waals surface area contributed by atoms with Crippen LogP contribution in [0, 0.1) is 21.4 Å². The van der Waals surface area contributed by atoms with Gasteiger partial charge in [0.05, 0.1) is 4.92 Å². The average molecular weight is 274 g/mol. The van der Waals surface area contributed by atoms with Crippen molar-refractivity contribution < 1.29 is 4.92 Å². The molecule has 1 fully saturated rings. The van der Waals surface area contributed by atoms with Crippen LogP contribution in [0.4, 0.5) is 11.4 Å². The van der Waals surface area contributed by atoms with Gasteiger partial charge in [0.25, 0.3) is 0 Å². The molecule has 1 aromatic rings. The summed E-state index contributed by atoms with van der Waals surface area (Å²) in [5.41, 5.74) is 0.619. The largest absolute Gasteiger partial charge is 0.362 e. The lowest BCUT2D eigenvalue weighted by atomic mass is 10.00. The third-order valence-corrected chi connectivity index (χ3v) is 3.69. The number of likely N-dealkylation sites (N-methyl/N-ethyl adjacent to an activating group) is 1. The lowest BCUT2D eigenvalue weighted by molar-refractivity contribution is -0.384. The highest BCUT2D eigenvalue weighted by molar-refractivity contribution is 5.70. The molecule has 0 saturated carbocycles. The molecule has 1 aromatic carbocycles. The summed E-state index contributed by atoms with van der Waals surface area (Å²) in [6.45, 7) is 1.58. The van der Waals surface area contributed by atoms with Gasteiger partial charge in [-0.15, -0.1) is 0 Å². The minimum atomic E-state index is -0.446. The molecule has 6 nitrogen and oxygen atoms in total. The maximum Gasteiger partial charge on any atom is 0.310 e. The molecule has 1 atom stereocenters. The van der Waals surface area contributed by atoms with Gasteiger partial charge in [0.2, 0.25) is 0 Å². The van der Waals surface area contributed by atoms with E-state index in [1.165, 1.54) is 6.07 Å². The molecule has 1 unspecified atom stereocenters.